The average Bonchev–Trinajstić information content (AvgIpc) is 2.74. The van der Waals surface area contributed by atoms with E-state index >= 15 is 0 Å². The first-order valence-corrected chi connectivity index (χ1v) is 12.8. The van der Waals surface area contributed by atoms with Crippen molar-refractivity contribution >= 4 is 11.8 Å². The van der Waals surface area contributed by atoms with E-state index in [1.165, 1.54) is 103 Å². The highest BCUT2D eigenvalue weighted by Gasteiger charge is 2.05. The summed E-state index contributed by atoms with van der Waals surface area (Å²) >= 11 is 0. The van der Waals surface area contributed by atoms with Crippen molar-refractivity contribution in [3.63, 3.8) is 0 Å². The van der Waals surface area contributed by atoms with E-state index in [1.807, 2.05) is 0 Å². The van der Waals surface area contributed by atoms with E-state index < -0.39 is 12.5 Å². The van der Waals surface area contributed by atoms with Crippen molar-refractivity contribution in [2.75, 3.05) is 6.61 Å². The van der Waals surface area contributed by atoms with E-state index in [0.29, 0.717) is 6.42 Å². The molecule has 0 heterocycles. The number of hydrogen-bond acceptors (Lipinski definition) is 3. The molecule has 0 unspecified atom stereocenters. The molecule has 0 aliphatic heterocycles. The SMILES string of the molecule is CCCCCCCC/C=C\CCCCCCCCCCCCCC(=O)NC(=O)CO. The number of carbonyl (C=O) groups excluding carboxylic acids is 2. The third-order valence-corrected chi connectivity index (χ3v) is 5.59. The van der Waals surface area contributed by atoms with Crippen molar-refractivity contribution < 1.29 is 14.7 Å². The Balaban J connectivity index is 3.17. The molecule has 0 bridgehead atoms. The highest BCUT2D eigenvalue weighted by molar-refractivity contribution is 5.95. The maximum absolute atomic E-state index is 11.4. The molecule has 30 heavy (non-hydrogen) atoms. The number of aliphatic hydroxyl groups is 1. The van der Waals surface area contributed by atoms with Gasteiger partial charge >= 0.3 is 0 Å². The van der Waals surface area contributed by atoms with Gasteiger partial charge in [-0.2, -0.15) is 0 Å². The molecule has 4 nitrogen and oxygen atoms in total. The van der Waals surface area contributed by atoms with Gasteiger partial charge in [0, 0.05) is 6.42 Å². The smallest absolute Gasteiger partial charge is 0.252 e. The highest BCUT2D eigenvalue weighted by atomic mass is 16.3. The molecule has 0 aromatic rings. The third-order valence-electron chi connectivity index (χ3n) is 5.59. The molecule has 0 aromatic carbocycles. The van der Waals surface area contributed by atoms with Gasteiger partial charge in [-0.15, -0.1) is 0 Å². The Labute approximate surface area is 186 Å². The van der Waals surface area contributed by atoms with Gasteiger partial charge in [0.15, 0.2) is 0 Å². The number of rotatable bonds is 22. The normalized spacial score (nSPS) is 11.3. The summed E-state index contributed by atoms with van der Waals surface area (Å²) in [4.78, 5) is 22.2. The Kier molecular flexibility index (Phi) is 23.2. The zero-order valence-corrected chi connectivity index (χ0v) is 19.8. The van der Waals surface area contributed by atoms with Crippen LogP contribution in [0.25, 0.3) is 0 Å². The number of carbonyl (C=O) groups is 2. The minimum absolute atomic E-state index is 0.276. The summed E-state index contributed by atoms with van der Waals surface area (Å²) in [6, 6.07) is 0. The maximum atomic E-state index is 11.4. The Morgan fingerprint density at radius 3 is 1.43 bits per heavy atom. The lowest BCUT2D eigenvalue weighted by atomic mass is 10.0. The van der Waals surface area contributed by atoms with Crippen LogP contribution in [0.1, 0.15) is 135 Å². The Morgan fingerprint density at radius 1 is 0.600 bits per heavy atom. The van der Waals surface area contributed by atoms with E-state index in [-0.39, 0.29) is 5.91 Å². The largest absolute Gasteiger partial charge is 0.387 e. The molecule has 0 aliphatic carbocycles. The average molecular weight is 424 g/mol. The van der Waals surface area contributed by atoms with Gasteiger partial charge in [0.2, 0.25) is 5.91 Å². The van der Waals surface area contributed by atoms with Gasteiger partial charge in [0.05, 0.1) is 0 Å². The summed E-state index contributed by atoms with van der Waals surface area (Å²) < 4.78 is 0. The Bertz CT molecular complexity index is 421. The molecule has 2 amide bonds. The Hall–Kier alpha value is -1.16. The van der Waals surface area contributed by atoms with Crippen molar-refractivity contribution in [2.24, 2.45) is 0 Å². The van der Waals surface area contributed by atoms with Crippen molar-refractivity contribution in [2.45, 2.75) is 135 Å². The minimum atomic E-state index is -0.623. The van der Waals surface area contributed by atoms with E-state index in [0.717, 1.165) is 19.3 Å². The van der Waals surface area contributed by atoms with E-state index in [9.17, 15) is 9.59 Å². The van der Waals surface area contributed by atoms with Crippen LogP contribution in [-0.2, 0) is 9.59 Å². The zero-order chi connectivity index (χ0) is 22.1. The lowest BCUT2D eigenvalue weighted by molar-refractivity contribution is -0.132. The second-order valence-corrected chi connectivity index (χ2v) is 8.59. The van der Waals surface area contributed by atoms with Crippen LogP contribution < -0.4 is 5.32 Å². The molecule has 0 saturated heterocycles. The van der Waals surface area contributed by atoms with Gasteiger partial charge in [-0.1, -0.05) is 109 Å². The molecule has 4 heteroatoms. The highest BCUT2D eigenvalue weighted by Crippen LogP contribution is 2.13. The van der Waals surface area contributed by atoms with Gasteiger partial charge in [0.25, 0.3) is 5.91 Å². The number of hydrogen-bond donors (Lipinski definition) is 2. The molecule has 0 atom stereocenters. The van der Waals surface area contributed by atoms with Crippen LogP contribution in [0.15, 0.2) is 12.2 Å². The molecule has 0 radical (unpaired) electrons. The van der Waals surface area contributed by atoms with Gasteiger partial charge in [-0.25, -0.2) is 0 Å². The molecule has 0 saturated carbocycles. The summed E-state index contributed by atoms with van der Waals surface area (Å²) in [6.07, 6.45) is 29.6. The van der Waals surface area contributed by atoms with Crippen molar-refractivity contribution in [1.29, 1.82) is 0 Å². The van der Waals surface area contributed by atoms with Gasteiger partial charge in [-0.3, -0.25) is 14.9 Å². The first-order valence-electron chi connectivity index (χ1n) is 12.8. The molecule has 0 aliphatic rings. The van der Waals surface area contributed by atoms with Gasteiger partial charge < -0.3 is 5.11 Å². The summed E-state index contributed by atoms with van der Waals surface area (Å²) in [6.45, 7) is 1.65. The van der Waals surface area contributed by atoms with Crippen LogP contribution in [0.3, 0.4) is 0 Å². The quantitative estimate of drug-likeness (QED) is 0.145. The van der Waals surface area contributed by atoms with Crippen LogP contribution in [0.5, 0.6) is 0 Å². The number of unbranched alkanes of at least 4 members (excludes halogenated alkanes) is 17. The van der Waals surface area contributed by atoms with Crippen LogP contribution in [-0.4, -0.2) is 23.5 Å². The molecular formula is C26H49NO3. The van der Waals surface area contributed by atoms with E-state index in [2.05, 4.69) is 24.4 Å². The molecule has 176 valence electrons. The van der Waals surface area contributed by atoms with Crippen LogP contribution in [0, 0.1) is 0 Å². The van der Waals surface area contributed by atoms with E-state index in [1.54, 1.807) is 0 Å². The number of aliphatic hydroxyl groups excluding tert-OH is 1. The molecule has 2 N–H and O–H groups in total. The lowest BCUT2D eigenvalue weighted by Crippen LogP contribution is -2.32. The Morgan fingerprint density at radius 2 is 1.00 bits per heavy atom. The van der Waals surface area contributed by atoms with Crippen molar-refractivity contribution in [3.05, 3.63) is 12.2 Å². The summed E-state index contributed by atoms with van der Waals surface area (Å²) in [5, 5.41) is 10.7. The van der Waals surface area contributed by atoms with Crippen molar-refractivity contribution in [3.8, 4) is 0 Å². The molecule has 0 spiro atoms. The van der Waals surface area contributed by atoms with Crippen LogP contribution >= 0.6 is 0 Å². The fourth-order valence-electron chi connectivity index (χ4n) is 3.67. The van der Waals surface area contributed by atoms with Crippen molar-refractivity contribution in [1.82, 2.24) is 5.32 Å². The summed E-state index contributed by atoms with van der Waals surface area (Å²) in [7, 11) is 0. The summed E-state index contributed by atoms with van der Waals surface area (Å²) in [5.74, 6) is -0.887. The second kappa shape index (κ2) is 24.1. The lowest BCUT2D eigenvalue weighted by Gasteiger charge is -2.03. The molecule has 0 rings (SSSR count). The molecule has 0 aromatic heterocycles. The number of amides is 2. The predicted molar refractivity (Wildman–Crippen MR) is 127 cm³/mol. The van der Waals surface area contributed by atoms with Crippen LogP contribution in [0.2, 0.25) is 0 Å². The van der Waals surface area contributed by atoms with Crippen LogP contribution in [0.4, 0.5) is 0 Å². The van der Waals surface area contributed by atoms with Gasteiger partial charge in [-0.05, 0) is 32.1 Å². The predicted octanol–water partition coefficient (Wildman–Crippen LogP) is 7.00. The van der Waals surface area contributed by atoms with E-state index in [4.69, 9.17) is 5.11 Å². The topological polar surface area (TPSA) is 66.4 Å². The second-order valence-electron chi connectivity index (χ2n) is 8.59. The molecule has 0 fully saturated rings. The first kappa shape index (κ1) is 28.8. The fourth-order valence-corrected chi connectivity index (χ4v) is 3.67. The van der Waals surface area contributed by atoms with Gasteiger partial charge in [0.1, 0.15) is 6.61 Å². The third kappa shape index (κ3) is 23.1. The number of nitrogens with one attached hydrogen (secondary N) is 1. The fraction of sp³-hybridized carbons (Fsp3) is 0.846. The minimum Gasteiger partial charge on any atom is -0.387 e. The number of allylic oxidation sites excluding steroid dienone is 2. The monoisotopic (exact) mass is 423 g/mol. The molecular weight excluding hydrogens is 374 g/mol. The zero-order valence-electron chi connectivity index (χ0n) is 19.8. The first-order chi connectivity index (χ1) is 14.7. The summed E-state index contributed by atoms with van der Waals surface area (Å²) in [5.41, 5.74) is 0. The maximum Gasteiger partial charge on any atom is 0.252 e. The standard InChI is InChI=1S/C26H49NO3/c1-2-3-4-5-6-7-8-9-10-11-12-13-14-15-16-17-18-19-20-21-22-23-25(29)27-26(30)24-28/h9-10,28H,2-8,11-24H2,1H3,(H,27,29,30)/b10-9-. The number of imide groups is 1.